The second kappa shape index (κ2) is 8.95. The van der Waals surface area contributed by atoms with E-state index in [4.69, 9.17) is 4.74 Å². The Kier molecular flexibility index (Phi) is 5.99. The standard InChI is InChI=1S/C29H26N2O6S/c1-13-12-38-28(31-13)18-8-6-17(7-9-18)11-30-15(3)21-19(33)10-20-29(5,27(21)36)23-25(35)14(2)24(34)22(16(4)32)26(23)37-20/h6-10,12,30,34-35H,11H2,1-5H3/b21-15+/t29-/m1/s1. The number of allylic oxidation sites excluding steroid dienone is 4. The summed E-state index contributed by atoms with van der Waals surface area (Å²) in [5.74, 6) is -2.46. The molecule has 9 heteroatoms. The third-order valence-electron chi connectivity index (χ3n) is 7.14. The Labute approximate surface area is 223 Å². The molecule has 2 aromatic carbocycles. The number of aryl methyl sites for hydroxylation is 1. The molecule has 2 aliphatic rings. The average Bonchev–Trinajstić information content (AvgIpc) is 3.43. The molecule has 0 amide bonds. The molecule has 38 heavy (non-hydrogen) atoms. The minimum atomic E-state index is -1.54. The molecule has 0 saturated heterocycles. The summed E-state index contributed by atoms with van der Waals surface area (Å²) in [6.45, 7) is 8.23. The van der Waals surface area contributed by atoms with Crippen LogP contribution in [0, 0.1) is 13.8 Å². The van der Waals surface area contributed by atoms with Gasteiger partial charge in [0.15, 0.2) is 17.3 Å². The SMILES string of the molecule is CC(=O)c1c(O)c(C)c(O)c2c1OC1=CC(=O)/C(=C(/C)NCc3ccc(-c4nc(C)cs4)cc3)C(=O)[C@]12C. The summed E-state index contributed by atoms with van der Waals surface area (Å²) in [4.78, 5) is 43.8. The number of hydrogen-bond donors (Lipinski definition) is 3. The summed E-state index contributed by atoms with van der Waals surface area (Å²) in [5, 5.41) is 27.5. The van der Waals surface area contributed by atoms with Crippen LogP contribution in [0.4, 0.5) is 0 Å². The van der Waals surface area contributed by atoms with Crippen LogP contribution in [0.5, 0.6) is 17.2 Å². The van der Waals surface area contributed by atoms with Crippen molar-refractivity contribution in [3.8, 4) is 27.8 Å². The topological polar surface area (TPSA) is 126 Å². The number of ether oxygens (including phenoxy) is 1. The zero-order valence-electron chi connectivity index (χ0n) is 21.6. The third-order valence-corrected chi connectivity index (χ3v) is 8.15. The number of ketones is 3. The van der Waals surface area contributed by atoms with Crippen LogP contribution in [0.2, 0.25) is 0 Å². The molecule has 0 saturated carbocycles. The average molecular weight is 531 g/mol. The van der Waals surface area contributed by atoms with E-state index in [9.17, 15) is 24.6 Å². The predicted octanol–water partition coefficient (Wildman–Crippen LogP) is 4.79. The van der Waals surface area contributed by atoms with Crippen molar-refractivity contribution in [2.24, 2.45) is 0 Å². The number of benzene rings is 2. The molecular weight excluding hydrogens is 504 g/mol. The fourth-order valence-corrected chi connectivity index (χ4v) is 5.74. The maximum Gasteiger partial charge on any atom is 0.194 e. The second-order valence-corrected chi connectivity index (χ2v) is 10.6. The molecule has 0 fully saturated rings. The van der Waals surface area contributed by atoms with Crippen LogP contribution in [-0.4, -0.2) is 32.5 Å². The van der Waals surface area contributed by atoms with E-state index in [1.165, 1.54) is 19.9 Å². The van der Waals surface area contributed by atoms with Crippen LogP contribution in [0.25, 0.3) is 10.6 Å². The van der Waals surface area contributed by atoms with Crippen LogP contribution in [-0.2, 0) is 21.5 Å². The van der Waals surface area contributed by atoms with Crippen molar-refractivity contribution in [2.75, 3.05) is 0 Å². The molecule has 3 N–H and O–H groups in total. The van der Waals surface area contributed by atoms with Gasteiger partial charge in [-0.3, -0.25) is 14.4 Å². The van der Waals surface area contributed by atoms with Gasteiger partial charge < -0.3 is 20.3 Å². The van der Waals surface area contributed by atoms with Crippen LogP contribution in [0.3, 0.4) is 0 Å². The molecular formula is C29H26N2O6S. The lowest BCUT2D eigenvalue weighted by Crippen LogP contribution is -2.41. The van der Waals surface area contributed by atoms with Gasteiger partial charge in [-0.15, -0.1) is 11.3 Å². The van der Waals surface area contributed by atoms with Crippen molar-refractivity contribution < 1.29 is 29.3 Å². The first-order valence-electron chi connectivity index (χ1n) is 12.0. The summed E-state index contributed by atoms with van der Waals surface area (Å²) < 4.78 is 5.80. The third kappa shape index (κ3) is 3.73. The van der Waals surface area contributed by atoms with Crippen molar-refractivity contribution in [3.05, 3.63) is 80.7 Å². The number of carbonyl (C=O) groups excluding carboxylic acids is 3. The Morgan fingerprint density at radius 2 is 1.79 bits per heavy atom. The molecule has 1 aliphatic carbocycles. The molecule has 1 aliphatic heterocycles. The van der Waals surface area contributed by atoms with Gasteiger partial charge in [-0.05, 0) is 40.2 Å². The van der Waals surface area contributed by atoms with E-state index in [1.54, 1.807) is 25.2 Å². The Bertz CT molecular complexity index is 1610. The molecule has 2 heterocycles. The maximum atomic E-state index is 13.9. The van der Waals surface area contributed by atoms with Crippen LogP contribution in [0.15, 0.2) is 52.8 Å². The number of rotatable bonds is 5. The number of phenols is 2. The van der Waals surface area contributed by atoms with E-state index < -0.39 is 28.5 Å². The molecule has 194 valence electrons. The lowest BCUT2D eigenvalue weighted by atomic mass is 9.70. The highest BCUT2D eigenvalue weighted by molar-refractivity contribution is 7.13. The molecule has 8 nitrogen and oxygen atoms in total. The van der Waals surface area contributed by atoms with Crippen LogP contribution in [0.1, 0.15) is 53.5 Å². The molecule has 0 spiro atoms. The van der Waals surface area contributed by atoms with Gasteiger partial charge in [-0.1, -0.05) is 24.3 Å². The van der Waals surface area contributed by atoms with E-state index in [0.29, 0.717) is 12.2 Å². The lowest BCUT2D eigenvalue weighted by Gasteiger charge is -2.29. The molecule has 3 aromatic rings. The number of nitrogens with one attached hydrogen (secondary N) is 1. The smallest absolute Gasteiger partial charge is 0.194 e. The Hall–Kier alpha value is -4.24. The van der Waals surface area contributed by atoms with Gasteiger partial charge in [0, 0.05) is 40.5 Å². The minimum absolute atomic E-state index is 0.00913. The first-order valence-corrected chi connectivity index (χ1v) is 12.9. The Morgan fingerprint density at radius 1 is 1.11 bits per heavy atom. The van der Waals surface area contributed by atoms with Crippen molar-refractivity contribution in [3.63, 3.8) is 0 Å². The van der Waals surface area contributed by atoms with Crippen molar-refractivity contribution in [2.45, 2.75) is 46.6 Å². The number of aromatic nitrogens is 1. The zero-order valence-corrected chi connectivity index (χ0v) is 22.4. The number of carbonyl (C=O) groups is 3. The highest BCUT2D eigenvalue weighted by Gasteiger charge is 2.56. The van der Waals surface area contributed by atoms with Gasteiger partial charge in [-0.2, -0.15) is 0 Å². The lowest BCUT2D eigenvalue weighted by molar-refractivity contribution is -0.123. The fraction of sp³-hybridized carbons (Fsp3) is 0.241. The number of aromatic hydroxyl groups is 2. The number of nitrogens with zero attached hydrogens (tertiary/aromatic N) is 1. The molecule has 5 rings (SSSR count). The van der Waals surface area contributed by atoms with Crippen LogP contribution < -0.4 is 10.1 Å². The van der Waals surface area contributed by atoms with Gasteiger partial charge in [0.1, 0.15) is 39.0 Å². The summed E-state index contributed by atoms with van der Waals surface area (Å²) >= 11 is 1.58. The fourth-order valence-electron chi connectivity index (χ4n) is 4.94. The van der Waals surface area contributed by atoms with Gasteiger partial charge >= 0.3 is 0 Å². The zero-order chi connectivity index (χ0) is 27.5. The first kappa shape index (κ1) is 25.4. The van der Waals surface area contributed by atoms with Crippen molar-refractivity contribution >= 4 is 28.7 Å². The quantitative estimate of drug-likeness (QED) is 0.244. The maximum absolute atomic E-state index is 13.9. The second-order valence-electron chi connectivity index (χ2n) is 9.73. The highest BCUT2D eigenvalue weighted by Crippen LogP contribution is 2.57. The predicted molar refractivity (Wildman–Crippen MR) is 142 cm³/mol. The molecule has 0 unspecified atom stereocenters. The van der Waals surface area contributed by atoms with Gasteiger partial charge in [0.2, 0.25) is 0 Å². The first-order chi connectivity index (χ1) is 17.9. The number of thiazole rings is 1. The summed E-state index contributed by atoms with van der Waals surface area (Å²) in [6, 6.07) is 7.87. The number of fused-ring (bicyclic) bond motifs is 3. The van der Waals surface area contributed by atoms with E-state index >= 15 is 0 Å². The number of Topliss-reactive ketones (excluding diaryl/α,β-unsaturated/α-hetero) is 2. The summed E-state index contributed by atoms with van der Waals surface area (Å²) in [6.07, 6.45) is 1.21. The normalized spacial score (nSPS) is 19.4. The summed E-state index contributed by atoms with van der Waals surface area (Å²) in [7, 11) is 0. The van der Waals surface area contributed by atoms with Crippen molar-refractivity contribution in [1.82, 2.24) is 10.3 Å². The minimum Gasteiger partial charge on any atom is -0.507 e. The number of hydrogen-bond acceptors (Lipinski definition) is 9. The monoisotopic (exact) mass is 530 g/mol. The number of phenolic OH excluding ortho intramolecular Hbond substituents is 2. The van der Waals surface area contributed by atoms with Gasteiger partial charge in [-0.25, -0.2) is 4.98 Å². The highest BCUT2D eigenvalue weighted by atomic mass is 32.1. The Balaban J connectivity index is 1.48. The van der Waals surface area contributed by atoms with Crippen LogP contribution >= 0.6 is 11.3 Å². The van der Waals surface area contributed by atoms with E-state index in [-0.39, 0.29) is 39.5 Å². The van der Waals surface area contributed by atoms with Gasteiger partial charge in [0.25, 0.3) is 0 Å². The molecule has 0 bridgehead atoms. The largest absolute Gasteiger partial charge is 0.507 e. The van der Waals surface area contributed by atoms with E-state index in [0.717, 1.165) is 21.8 Å². The van der Waals surface area contributed by atoms with Crippen molar-refractivity contribution in [1.29, 1.82) is 0 Å². The van der Waals surface area contributed by atoms with E-state index in [1.807, 2.05) is 36.6 Å². The van der Waals surface area contributed by atoms with Gasteiger partial charge in [0.05, 0.1) is 11.1 Å². The Morgan fingerprint density at radius 3 is 2.39 bits per heavy atom. The molecule has 1 atom stereocenters. The summed E-state index contributed by atoms with van der Waals surface area (Å²) in [5.41, 5.74) is 1.70. The van der Waals surface area contributed by atoms with E-state index in [2.05, 4.69) is 10.3 Å². The molecule has 1 aromatic heterocycles. The molecule has 0 radical (unpaired) electrons.